The van der Waals surface area contributed by atoms with Gasteiger partial charge in [0.15, 0.2) is 0 Å². The van der Waals surface area contributed by atoms with Crippen LogP contribution in [0.3, 0.4) is 0 Å². The van der Waals surface area contributed by atoms with E-state index in [1.165, 1.54) is 0 Å². The third-order valence-electron chi connectivity index (χ3n) is 3.33. The first kappa shape index (κ1) is 13.0. The molecule has 1 saturated heterocycles. The van der Waals surface area contributed by atoms with Crippen LogP contribution in [-0.2, 0) is 7.05 Å². The molecule has 1 N–H and O–H groups in total. The number of imidazole rings is 1. The van der Waals surface area contributed by atoms with E-state index in [1.807, 2.05) is 11.9 Å². The summed E-state index contributed by atoms with van der Waals surface area (Å²) >= 11 is 0. The summed E-state index contributed by atoms with van der Waals surface area (Å²) in [6.45, 7) is 4.11. The van der Waals surface area contributed by atoms with Gasteiger partial charge in [0.1, 0.15) is 5.69 Å². The molecule has 0 saturated carbocycles. The zero-order chi connectivity index (χ0) is 13.0. The smallest absolute Gasteiger partial charge is 0.272 e. The first-order valence-electron chi connectivity index (χ1n) is 6.31. The molecule has 6 heteroatoms. The molecule has 100 valence electrons. The zero-order valence-electron chi connectivity index (χ0n) is 10.7. The molecule has 18 heavy (non-hydrogen) atoms. The first-order chi connectivity index (χ1) is 8.72. The number of aliphatic hydroxyl groups excluding tert-OH is 1. The summed E-state index contributed by atoms with van der Waals surface area (Å²) in [5, 5.41) is 8.94. The van der Waals surface area contributed by atoms with Crippen LogP contribution in [0, 0.1) is 0 Å². The highest BCUT2D eigenvalue weighted by Crippen LogP contribution is 2.08. The van der Waals surface area contributed by atoms with Gasteiger partial charge in [0, 0.05) is 33.2 Å². The largest absolute Gasteiger partial charge is 0.395 e. The number of carbonyl (C=O) groups is 1. The van der Waals surface area contributed by atoms with Crippen LogP contribution in [-0.4, -0.2) is 69.7 Å². The van der Waals surface area contributed by atoms with E-state index in [0.717, 1.165) is 26.1 Å². The molecule has 0 atom stereocenters. The Hall–Kier alpha value is -1.40. The second-order valence-electron chi connectivity index (χ2n) is 4.60. The molecular weight excluding hydrogens is 232 g/mol. The molecule has 6 nitrogen and oxygen atoms in total. The molecule has 1 aliphatic heterocycles. The molecule has 1 aromatic rings. The van der Waals surface area contributed by atoms with Crippen molar-refractivity contribution in [2.24, 2.45) is 7.05 Å². The summed E-state index contributed by atoms with van der Waals surface area (Å²) in [7, 11) is 1.83. The quantitative estimate of drug-likeness (QED) is 0.792. The number of aryl methyl sites for hydroxylation is 1. The molecule has 2 rings (SSSR count). The van der Waals surface area contributed by atoms with Gasteiger partial charge in [-0.05, 0) is 13.0 Å². The van der Waals surface area contributed by atoms with Crippen molar-refractivity contribution >= 4 is 5.91 Å². The lowest BCUT2D eigenvalue weighted by Crippen LogP contribution is -2.36. The SMILES string of the molecule is Cn1cncc1C(=O)N1CCCN(CCO)CC1. The Morgan fingerprint density at radius 2 is 2.22 bits per heavy atom. The van der Waals surface area contributed by atoms with Gasteiger partial charge in [-0.2, -0.15) is 0 Å². The van der Waals surface area contributed by atoms with Crippen LogP contribution >= 0.6 is 0 Å². The Labute approximate surface area is 107 Å². The van der Waals surface area contributed by atoms with Gasteiger partial charge in [0.25, 0.3) is 5.91 Å². The fraction of sp³-hybridized carbons (Fsp3) is 0.667. The molecule has 1 amide bonds. The van der Waals surface area contributed by atoms with Crippen molar-refractivity contribution in [3.8, 4) is 0 Å². The Kier molecular flexibility index (Phi) is 4.33. The van der Waals surface area contributed by atoms with Gasteiger partial charge in [-0.1, -0.05) is 0 Å². The van der Waals surface area contributed by atoms with E-state index in [2.05, 4.69) is 9.88 Å². The molecule has 0 radical (unpaired) electrons. The van der Waals surface area contributed by atoms with Gasteiger partial charge in [0.05, 0.1) is 19.1 Å². The van der Waals surface area contributed by atoms with Crippen LogP contribution in [0.4, 0.5) is 0 Å². The fourth-order valence-corrected chi connectivity index (χ4v) is 2.26. The minimum Gasteiger partial charge on any atom is -0.395 e. The molecular formula is C12H20N4O2. The molecule has 0 spiro atoms. The minimum absolute atomic E-state index is 0.0425. The Balaban J connectivity index is 1.98. The van der Waals surface area contributed by atoms with Crippen LogP contribution in [0.1, 0.15) is 16.9 Å². The van der Waals surface area contributed by atoms with Gasteiger partial charge in [-0.3, -0.25) is 9.69 Å². The van der Waals surface area contributed by atoms with Crippen molar-refractivity contribution in [3.63, 3.8) is 0 Å². The van der Waals surface area contributed by atoms with E-state index in [4.69, 9.17) is 5.11 Å². The standard InChI is InChI=1S/C12H20N4O2/c1-14-10-13-9-11(14)12(18)16-4-2-3-15(5-6-16)7-8-17/h9-10,17H,2-8H2,1H3. The van der Waals surface area contributed by atoms with Gasteiger partial charge in [-0.25, -0.2) is 4.98 Å². The monoisotopic (exact) mass is 252 g/mol. The highest BCUT2D eigenvalue weighted by atomic mass is 16.3. The molecule has 0 unspecified atom stereocenters. The molecule has 2 heterocycles. The number of hydrogen-bond acceptors (Lipinski definition) is 4. The van der Waals surface area contributed by atoms with Gasteiger partial charge >= 0.3 is 0 Å². The van der Waals surface area contributed by atoms with Crippen molar-refractivity contribution in [1.82, 2.24) is 19.4 Å². The van der Waals surface area contributed by atoms with Crippen LogP contribution in [0.15, 0.2) is 12.5 Å². The number of aromatic nitrogens is 2. The summed E-state index contributed by atoms with van der Waals surface area (Å²) in [6.07, 6.45) is 4.20. The van der Waals surface area contributed by atoms with Crippen molar-refractivity contribution in [1.29, 1.82) is 0 Å². The van der Waals surface area contributed by atoms with E-state index < -0.39 is 0 Å². The second-order valence-corrected chi connectivity index (χ2v) is 4.60. The third kappa shape index (κ3) is 2.88. The van der Waals surface area contributed by atoms with Gasteiger partial charge in [0.2, 0.25) is 0 Å². The van der Waals surface area contributed by atoms with Crippen molar-refractivity contribution in [2.75, 3.05) is 39.3 Å². The maximum Gasteiger partial charge on any atom is 0.272 e. The lowest BCUT2D eigenvalue weighted by Gasteiger charge is -2.21. The highest BCUT2D eigenvalue weighted by molar-refractivity contribution is 5.92. The number of hydrogen-bond donors (Lipinski definition) is 1. The number of nitrogens with zero attached hydrogens (tertiary/aromatic N) is 4. The Morgan fingerprint density at radius 1 is 1.39 bits per heavy atom. The highest BCUT2D eigenvalue weighted by Gasteiger charge is 2.21. The molecule has 1 fully saturated rings. The molecule has 1 aromatic heterocycles. The summed E-state index contributed by atoms with van der Waals surface area (Å²) in [4.78, 5) is 20.3. The summed E-state index contributed by atoms with van der Waals surface area (Å²) < 4.78 is 1.75. The summed E-state index contributed by atoms with van der Waals surface area (Å²) in [5.74, 6) is 0.0425. The first-order valence-corrected chi connectivity index (χ1v) is 6.31. The van der Waals surface area contributed by atoms with E-state index in [0.29, 0.717) is 18.8 Å². The van der Waals surface area contributed by atoms with Crippen LogP contribution in [0.25, 0.3) is 0 Å². The number of aliphatic hydroxyl groups is 1. The van der Waals surface area contributed by atoms with Gasteiger partial charge in [-0.15, -0.1) is 0 Å². The van der Waals surface area contributed by atoms with Crippen molar-refractivity contribution in [3.05, 3.63) is 18.2 Å². The lowest BCUT2D eigenvalue weighted by atomic mass is 10.3. The number of rotatable bonds is 3. The maximum absolute atomic E-state index is 12.3. The molecule has 0 aromatic carbocycles. The number of β-amino-alcohol motifs (C(OH)–C–C–N with tert-alkyl or cyclic N) is 1. The summed E-state index contributed by atoms with van der Waals surface area (Å²) in [5.41, 5.74) is 0.630. The Bertz CT molecular complexity index is 405. The predicted molar refractivity (Wildman–Crippen MR) is 67.3 cm³/mol. The van der Waals surface area contributed by atoms with Crippen LogP contribution < -0.4 is 0 Å². The number of amides is 1. The number of carbonyl (C=O) groups excluding carboxylic acids is 1. The average molecular weight is 252 g/mol. The van der Waals surface area contributed by atoms with Gasteiger partial charge < -0.3 is 14.6 Å². The Morgan fingerprint density at radius 3 is 2.89 bits per heavy atom. The predicted octanol–water partition coefficient (Wildman–Crippen LogP) is -0.440. The zero-order valence-corrected chi connectivity index (χ0v) is 10.7. The average Bonchev–Trinajstić information content (AvgIpc) is 2.64. The van der Waals surface area contributed by atoms with E-state index >= 15 is 0 Å². The topological polar surface area (TPSA) is 61.6 Å². The fourth-order valence-electron chi connectivity index (χ4n) is 2.26. The van der Waals surface area contributed by atoms with Crippen molar-refractivity contribution < 1.29 is 9.90 Å². The van der Waals surface area contributed by atoms with E-state index in [1.54, 1.807) is 17.1 Å². The normalized spacial score (nSPS) is 17.8. The van der Waals surface area contributed by atoms with Crippen molar-refractivity contribution in [2.45, 2.75) is 6.42 Å². The third-order valence-corrected chi connectivity index (χ3v) is 3.33. The van der Waals surface area contributed by atoms with Crippen LogP contribution in [0.2, 0.25) is 0 Å². The van der Waals surface area contributed by atoms with E-state index in [9.17, 15) is 4.79 Å². The lowest BCUT2D eigenvalue weighted by molar-refractivity contribution is 0.0751. The minimum atomic E-state index is 0.0425. The molecule has 0 aliphatic carbocycles. The van der Waals surface area contributed by atoms with E-state index in [-0.39, 0.29) is 12.5 Å². The summed E-state index contributed by atoms with van der Waals surface area (Å²) in [6, 6.07) is 0. The van der Waals surface area contributed by atoms with Crippen LogP contribution in [0.5, 0.6) is 0 Å². The second kappa shape index (κ2) is 5.97. The maximum atomic E-state index is 12.3. The molecule has 0 bridgehead atoms. The molecule has 1 aliphatic rings.